The van der Waals surface area contributed by atoms with Crippen LogP contribution in [0.15, 0.2) is 149 Å². The minimum Gasteiger partial charge on any atom is -1.00 e. The number of fused-ring (bicyclic) bond motifs is 3. The largest absolute Gasteiger partial charge is 1.00 e. The summed E-state index contributed by atoms with van der Waals surface area (Å²) in [5.41, 5.74) is 18.2. The number of aryl methyl sites for hydroxylation is 2. The van der Waals surface area contributed by atoms with Gasteiger partial charge in [-0.2, -0.15) is 0 Å². The van der Waals surface area contributed by atoms with Crippen molar-refractivity contribution < 1.29 is 46.1 Å². The van der Waals surface area contributed by atoms with Crippen LogP contribution >= 0.6 is 23.2 Å². The summed E-state index contributed by atoms with van der Waals surface area (Å²) in [6, 6.07) is 47.0. The first-order valence-electron chi connectivity index (χ1n) is 19.4. The molecule has 0 fully saturated rings. The van der Waals surface area contributed by atoms with Crippen molar-refractivity contribution >= 4 is 26.4 Å². The molecule has 2 aliphatic rings. The molecule has 0 bridgehead atoms. The Bertz CT molecular complexity index is 2390. The van der Waals surface area contributed by atoms with E-state index in [-0.39, 0.29) is 24.8 Å². The quantitative estimate of drug-likeness (QED) is 0.123. The predicted molar refractivity (Wildman–Crippen MR) is 230 cm³/mol. The Kier molecular flexibility index (Phi) is 14.3. The zero-order valence-electron chi connectivity index (χ0n) is 32.2. The smallest absolute Gasteiger partial charge is 1.00 e. The summed E-state index contributed by atoms with van der Waals surface area (Å²) in [6.45, 7) is 6.98. The first kappa shape index (κ1) is 42.3. The van der Waals surface area contributed by atoms with Gasteiger partial charge in [0.05, 0.1) is 0 Å². The predicted octanol–water partition coefficient (Wildman–Crippen LogP) is 8.48. The number of unbranched alkanes of at least 4 members (excludes halogenated alkanes) is 1. The molecule has 5 heteroatoms. The summed E-state index contributed by atoms with van der Waals surface area (Å²) in [7, 11) is 0. The molecule has 0 saturated heterocycles. The van der Waals surface area contributed by atoms with Crippen LogP contribution in [-0.4, -0.2) is 3.21 Å². The van der Waals surface area contributed by atoms with Gasteiger partial charge in [0, 0.05) is 0 Å². The number of allylic oxidation sites excluding steroid dienone is 4. The van der Waals surface area contributed by atoms with Crippen molar-refractivity contribution in [3.63, 3.8) is 0 Å². The zero-order chi connectivity index (χ0) is 37.2. The summed E-state index contributed by atoms with van der Waals surface area (Å²) < 4.78 is 3.69. The van der Waals surface area contributed by atoms with Crippen molar-refractivity contribution in [2.45, 2.75) is 62.9 Å². The van der Waals surface area contributed by atoms with E-state index in [1.54, 1.807) is 17.6 Å². The fourth-order valence-electron chi connectivity index (χ4n) is 8.96. The Morgan fingerprint density at radius 2 is 1.27 bits per heavy atom. The molecule has 0 amide bonds. The standard InChI is InChI=1S/C31H29.C15H12Cl2.C5H5.2ClH.Zr/c1-4-5-16-26-30-20-25-19-27(23-12-8-6-9-13-23)21(2)17-28(25)29(30)18-22(3)31(26)24-14-10-7-11-15-24;16-14-8-2-6-12(10-14)4-1-5-13-7-3-9-15(17)11-13;1-2-4-5-3-1;;;/h6-15,17-20H,4-5,16H2,1-3H3;2-3,6-11H,4-5H2;1-3H,4H2;2*1H;/q;;;;;+2/p-2. The average Bonchev–Trinajstić information content (AvgIpc) is 3.81. The second kappa shape index (κ2) is 19.0. The Labute approximate surface area is 363 Å². The molecule has 2 aliphatic carbocycles. The van der Waals surface area contributed by atoms with E-state index in [4.69, 9.17) is 23.2 Å². The Morgan fingerprint density at radius 1 is 0.661 bits per heavy atom. The number of rotatable bonds is 11. The van der Waals surface area contributed by atoms with E-state index >= 15 is 0 Å². The molecule has 0 aromatic heterocycles. The molecule has 0 saturated carbocycles. The average molecular weight is 892 g/mol. The molecule has 56 heavy (non-hydrogen) atoms. The maximum atomic E-state index is 6.70. The van der Waals surface area contributed by atoms with Gasteiger partial charge < -0.3 is 24.8 Å². The number of halogens is 4. The van der Waals surface area contributed by atoms with Crippen LogP contribution in [0.4, 0.5) is 0 Å². The fraction of sp³-hybridized carbons (Fsp3) is 0.196. The molecule has 6 aromatic rings. The second-order valence-electron chi connectivity index (χ2n) is 15.0. The molecule has 1 atom stereocenters. The second-order valence-corrected chi connectivity index (χ2v) is 22.6. The Morgan fingerprint density at radius 3 is 1.84 bits per heavy atom. The van der Waals surface area contributed by atoms with E-state index in [1.807, 2.05) is 12.1 Å². The molecular formula is C51H46Cl4Zr. The van der Waals surface area contributed by atoms with Crippen molar-refractivity contribution in [2.24, 2.45) is 0 Å². The van der Waals surface area contributed by atoms with E-state index in [0.29, 0.717) is 3.63 Å². The van der Waals surface area contributed by atoms with E-state index in [9.17, 15) is 0 Å². The first-order chi connectivity index (χ1) is 26.4. The number of hydrogen-bond donors (Lipinski definition) is 0. The number of hydrogen-bond acceptors (Lipinski definition) is 0. The first-order valence-corrected chi connectivity index (χ1v) is 24.0. The maximum absolute atomic E-state index is 6.70. The summed E-state index contributed by atoms with van der Waals surface area (Å²) in [5, 5.41) is 1.59. The third-order valence-corrected chi connectivity index (χ3v) is 20.0. The molecule has 282 valence electrons. The van der Waals surface area contributed by atoms with Gasteiger partial charge in [0.2, 0.25) is 0 Å². The molecule has 0 radical (unpaired) electrons. The summed E-state index contributed by atoms with van der Waals surface area (Å²) >= 11 is 10.5. The van der Waals surface area contributed by atoms with Crippen LogP contribution in [0, 0.1) is 13.8 Å². The third kappa shape index (κ3) is 8.75. The molecule has 0 nitrogen and oxygen atoms in total. The van der Waals surface area contributed by atoms with Crippen molar-refractivity contribution in [1.82, 2.24) is 0 Å². The van der Waals surface area contributed by atoms with Crippen molar-refractivity contribution in [3.05, 3.63) is 198 Å². The molecule has 0 spiro atoms. The van der Waals surface area contributed by atoms with E-state index < -0.39 is 21.3 Å². The normalized spacial score (nSPS) is 13.5. The van der Waals surface area contributed by atoms with E-state index in [2.05, 4.69) is 154 Å². The summed E-state index contributed by atoms with van der Waals surface area (Å²) in [4.78, 5) is 0. The van der Waals surface area contributed by atoms with Crippen molar-refractivity contribution in [2.75, 3.05) is 0 Å². The molecule has 0 N–H and O–H groups in total. The van der Waals surface area contributed by atoms with E-state index in [0.717, 1.165) is 48.6 Å². The van der Waals surface area contributed by atoms with Gasteiger partial charge in [0.1, 0.15) is 0 Å². The van der Waals surface area contributed by atoms with Crippen LogP contribution in [0.3, 0.4) is 0 Å². The van der Waals surface area contributed by atoms with Gasteiger partial charge >= 0.3 is 342 Å². The van der Waals surface area contributed by atoms with Crippen LogP contribution in [0.2, 0.25) is 10.0 Å². The molecule has 0 heterocycles. The minimum atomic E-state index is -2.88. The van der Waals surface area contributed by atoms with Crippen LogP contribution in [-0.2, 0) is 40.5 Å². The van der Waals surface area contributed by atoms with Crippen LogP contribution in [0.1, 0.15) is 68.8 Å². The molecule has 6 aromatic carbocycles. The summed E-state index contributed by atoms with van der Waals surface area (Å²) in [5.74, 6) is 0. The zero-order valence-corrected chi connectivity index (χ0v) is 37.7. The Balaban J connectivity index is 0.00000266. The maximum Gasteiger partial charge on any atom is -1.00 e. The van der Waals surface area contributed by atoms with Crippen molar-refractivity contribution in [1.29, 1.82) is 0 Å². The Hall–Kier alpha value is -3.29. The molecule has 8 rings (SSSR count). The minimum absolute atomic E-state index is 0. The SMILES string of the molecule is CCCCc1c(-c2ccccc2)c(C)cc2c1[CH]([Zr+2]([C]1=CC=CC1)=[C](Cc1cccc(Cl)c1)Cc1cccc(Cl)c1)c1cc(-c3ccccc3)c(C)cc1-2.[Cl-].[Cl-]. The van der Waals surface area contributed by atoms with Crippen molar-refractivity contribution in [3.8, 4) is 33.4 Å². The summed E-state index contributed by atoms with van der Waals surface area (Å²) in [6.07, 6.45) is 13.5. The molecular weight excluding hydrogens is 846 g/mol. The van der Waals surface area contributed by atoms with Crippen LogP contribution in [0.25, 0.3) is 33.4 Å². The monoisotopic (exact) mass is 888 g/mol. The van der Waals surface area contributed by atoms with Gasteiger partial charge in [-0.05, 0) is 0 Å². The van der Waals surface area contributed by atoms with E-state index in [1.165, 1.54) is 61.2 Å². The number of benzene rings is 6. The third-order valence-electron chi connectivity index (χ3n) is 11.3. The van der Waals surface area contributed by atoms with Gasteiger partial charge in [0.25, 0.3) is 0 Å². The van der Waals surface area contributed by atoms with Gasteiger partial charge in [-0.25, -0.2) is 0 Å². The fourth-order valence-corrected chi connectivity index (χ4v) is 18.7. The topological polar surface area (TPSA) is 0 Å². The van der Waals surface area contributed by atoms with Gasteiger partial charge in [-0.15, -0.1) is 0 Å². The van der Waals surface area contributed by atoms with Gasteiger partial charge in [0.15, 0.2) is 0 Å². The molecule has 1 unspecified atom stereocenters. The van der Waals surface area contributed by atoms with Gasteiger partial charge in [-0.3, -0.25) is 0 Å². The molecule has 0 aliphatic heterocycles. The van der Waals surface area contributed by atoms with Crippen LogP contribution < -0.4 is 24.8 Å². The van der Waals surface area contributed by atoms with Gasteiger partial charge in [-0.1, -0.05) is 0 Å². The van der Waals surface area contributed by atoms with Crippen LogP contribution in [0.5, 0.6) is 0 Å².